The summed E-state index contributed by atoms with van der Waals surface area (Å²) in [6.45, 7) is 0.522. The van der Waals surface area contributed by atoms with Crippen LogP contribution in [-0.4, -0.2) is 29.2 Å². The number of halogens is 4. The molecule has 0 unspecified atom stereocenters. The van der Waals surface area contributed by atoms with Crippen molar-refractivity contribution in [3.05, 3.63) is 21.2 Å². The number of nitrogens with one attached hydrogen (secondary N) is 1. The maximum atomic E-state index is 12.2. The van der Waals surface area contributed by atoms with Crippen LogP contribution in [0.4, 0.5) is 19.0 Å². The van der Waals surface area contributed by atoms with Crippen molar-refractivity contribution in [2.45, 2.75) is 13.1 Å². The Labute approximate surface area is 97.6 Å². The second kappa shape index (κ2) is 4.86. The normalized spacial score (nSPS) is 11.6. The third-order valence-electron chi connectivity index (χ3n) is 1.83. The van der Waals surface area contributed by atoms with Crippen molar-refractivity contribution in [3.8, 4) is 0 Å². The lowest BCUT2D eigenvalue weighted by atomic mass is 10.4. The summed E-state index contributed by atoms with van der Waals surface area (Å²) in [7, 11) is 0. The molecule has 1 rings (SSSR count). The summed E-state index contributed by atoms with van der Waals surface area (Å²) in [6.07, 6.45) is -3.26. The lowest BCUT2D eigenvalue weighted by molar-refractivity contribution is -0.119. The average Bonchev–Trinajstić information content (AvgIpc) is 2.18. The molecule has 4 nitrogen and oxygen atoms in total. The van der Waals surface area contributed by atoms with Crippen LogP contribution in [0, 0.1) is 0 Å². The molecule has 1 heterocycles. The van der Waals surface area contributed by atoms with Crippen LogP contribution in [0.5, 0.6) is 0 Å². The minimum absolute atomic E-state index is 0.00102. The van der Waals surface area contributed by atoms with Crippen LogP contribution in [0.15, 0.2) is 15.6 Å². The van der Waals surface area contributed by atoms with Crippen LogP contribution in [-0.2, 0) is 0 Å². The van der Waals surface area contributed by atoms with Gasteiger partial charge in [0.15, 0.2) is 5.82 Å². The monoisotopic (exact) mass is 299 g/mol. The summed E-state index contributed by atoms with van der Waals surface area (Å²) >= 11 is 2.91. The van der Waals surface area contributed by atoms with Gasteiger partial charge in [0.25, 0.3) is 5.56 Å². The van der Waals surface area contributed by atoms with Gasteiger partial charge in [-0.15, -0.1) is 0 Å². The Morgan fingerprint density at radius 2 is 2.19 bits per heavy atom. The number of rotatable bonds is 3. The zero-order valence-electron chi connectivity index (χ0n) is 8.31. The van der Waals surface area contributed by atoms with Crippen molar-refractivity contribution >= 4 is 21.7 Å². The molecule has 0 saturated heterocycles. The SMILES string of the molecule is CCN(CC(F)(F)F)c1nc[nH]c(=O)c1Br. The second-order valence-corrected chi connectivity index (χ2v) is 3.79. The van der Waals surface area contributed by atoms with Crippen LogP contribution in [0.3, 0.4) is 0 Å². The molecule has 0 fully saturated rings. The molecule has 0 radical (unpaired) electrons. The molecule has 0 aliphatic carbocycles. The van der Waals surface area contributed by atoms with E-state index >= 15 is 0 Å². The molecule has 0 aromatic carbocycles. The van der Waals surface area contributed by atoms with E-state index in [4.69, 9.17) is 0 Å². The summed E-state index contributed by atoms with van der Waals surface area (Å²) in [5, 5.41) is 0. The molecule has 0 saturated carbocycles. The van der Waals surface area contributed by atoms with Crippen molar-refractivity contribution in [1.29, 1.82) is 0 Å². The van der Waals surface area contributed by atoms with Gasteiger partial charge in [-0.1, -0.05) is 0 Å². The summed E-state index contributed by atoms with van der Waals surface area (Å²) in [5.41, 5.74) is -0.509. The summed E-state index contributed by atoms with van der Waals surface area (Å²) < 4.78 is 36.7. The molecular weight excluding hydrogens is 291 g/mol. The zero-order valence-corrected chi connectivity index (χ0v) is 9.89. The summed E-state index contributed by atoms with van der Waals surface area (Å²) in [5.74, 6) is -0.0106. The zero-order chi connectivity index (χ0) is 12.3. The van der Waals surface area contributed by atoms with Gasteiger partial charge in [0, 0.05) is 6.54 Å². The fraction of sp³-hybridized carbons (Fsp3) is 0.500. The first-order valence-corrected chi connectivity index (χ1v) is 5.19. The first-order chi connectivity index (χ1) is 7.35. The maximum absolute atomic E-state index is 12.2. The molecule has 90 valence electrons. The number of aromatic amines is 1. The number of nitrogens with zero attached hydrogens (tertiary/aromatic N) is 2. The predicted octanol–water partition coefficient (Wildman–Crippen LogP) is 1.92. The maximum Gasteiger partial charge on any atom is 0.405 e. The number of alkyl halides is 3. The molecule has 0 atom stereocenters. The molecule has 0 aliphatic heterocycles. The third kappa shape index (κ3) is 3.22. The van der Waals surface area contributed by atoms with Gasteiger partial charge in [0.2, 0.25) is 0 Å². The fourth-order valence-corrected chi connectivity index (χ4v) is 1.61. The molecule has 16 heavy (non-hydrogen) atoms. The van der Waals surface area contributed by atoms with Crippen molar-refractivity contribution in [2.75, 3.05) is 18.0 Å². The highest BCUT2D eigenvalue weighted by Gasteiger charge is 2.31. The van der Waals surface area contributed by atoms with E-state index in [0.29, 0.717) is 0 Å². The summed E-state index contributed by atoms with van der Waals surface area (Å²) in [4.78, 5) is 18.1. The lowest BCUT2D eigenvalue weighted by Crippen LogP contribution is -2.35. The van der Waals surface area contributed by atoms with Gasteiger partial charge in [0.05, 0.1) is 6.33 Å². The second-order valence-electron chi connectivity index (χ2n) is 3.00. The predicted molar refractivity (Wildman–Crippen MR) is 56.5 cm³/mol. The Balaban J connectivity index is 3.05. The van der Waals surface area contributed by atoms with Crippen molar-refractivity contribution in [2.24, 2.45) is 0 Å². The molecule has 8 heteroatoms. The summed E-state index contributed by atoms with van der Waals surface area (Å²) in [6, 6.07) is 0. The Hall–Kier alpha value is -1.05. The van der Waals surface area contributed by atoms with E-state index < -0.39 is 18.3 Å². The molecule has 1 aromatic heterocycles. The highest BCUT2D eigenvalue weighted by Crippen LogP contribution is 2.23. The largest absolute Gasteiger partial charge is 0.405 e. The standard InChI is InChI=1S/C8H9BrF3N3O/c1-2-15(3-8(10,11)12)6-5(9)7(16)14-4-13-6/h4H,2-3H2,1H3,(H,13,14,16). The van der Waals surface area contributed by atoms with Crippen LogP contribution < -0.4 is 10.5 Å². The van der Waals surface area contributed by atoms with Crippen LogP contribution in [0.2, 0.25) is 0 Å². The Morgan fingerprint density at radius 3 is 2.69 bits per heavy atom. The number of hydrogen-bond donors (Lipinski definition) is 1. The number of aromatic nitrogens is 2. The Kier molecular flexibility index (Phi) is 3.95. The van der Waals surface area contributed by atoms with Crippen molar-refractivity contribution in [3.63, 3.8) is 0 Å². The number of hydrogen-bond acceptors (Lipinski definition) is 3. The van der Waals surface area contributed by atoms with E-state index in [2.05, 4.69) is 25.9 Å². The topological polar surface area (TPSA) is 49.0 Å². The minimum Gasteiger partial charge on any atom is -0.347 e. The van der Waals surface area contributed by atoms with Gasteiger partial charge in [0.1, 0.15) is 11.0 Å². The smallest absolute Gasteiger partial charge is 0.347 e. The van der Waals surface area contributed by atoms with Gasteiger partial charge in [-0.05, 0) is 22.9 Å². The minimum atomic E-state index is -4.33. The van der Waals surface area contributed by atoms with Crippen LogP contribution >= 0.6 is 15.9 Å². The molecule has 0 aliphatic rings. The lowest BCUT2D eigenvalue weighted by Gasteiger charge is -2.23. The quantitative estimate of drug-likeness (QED) is 0.928. The van der Waals surface area contributed by atoms with Crippen LogP contribution in [0.25, 0.3) is 0 Å². The first kappa shape index (κ1) is 13.0. The van der Waals surface area contributed by atoms with Crippen molar-refractivity contribution < 1.29 is 13.2 Å². The molecule has 0 amide bonds. The van der Waals surface area contributed by atoms with E-state index in [1.54, 1.807) is 6.92 Å². The third-order valence-corrected chi connectivity index (χ3v) is 2.54. The molecule has 1 N–H and O–H groups in total. The highest BCUT2D eigenvalue weighted by atomic mass is 79.9. The molecule has 0 spiro atoms. The van der Waals surface area contributed by atoms with Gasteiger partial charge < -0.3 is 9.88 Å². The van der Waals surface area contributed by atoms with E-state index in [-0.39, 0.29) is 16.8 Å². The van der Waals surface area contributed by atoms with E-state index in [1.807, 2.05) is 0 Å². The molecule has 0 bridgehead atoms. The van der Waals surface area contributed by atoms with Gasteiger partial charge in [-0.2, -0.15) is 13.2 Å². The molecular formula is C8H9BrF3N3O. The van der Waals surface area contributed by atoms with E-state index in [0.717, 1.165) is 11.2 Å². The Morgan fingerprint density at radius 1 is 1.56 bits per heavy atom. The fourth-order valence-electron chi connectivity index (χ4n) is 1.15. The van der Waals surface area contributed by atoms with E-state index in [1.165, 1.54) is 0 Å². The average molecular weight is 300 g/mol. The van der Waals surface area contributed by atoms with E-state index in [9.17, 15) is 18.0 Å². The first-order valence-electron chi connectivity index (χ1n) is 4.40. The van der Waals surface area contributed by atoms with Gasteiger partial charge in [-0.3, -0.25) is 4.79 Å². The number of anilines is 1. The van der Waals surface area contributed by atoms with Crippen LogP contribution in [0.1, 0.15) is 6.92 Å². The van der Waals surface area contributed by atoms with Gasteiger partial charge >= 0.3 is 6.18 Å². The number of H-pyrrole nitrogens is 1. The molecule has 1 aromatic rings. The van der Waals surface area contributed by atoms with Crippen molar-refractivity contribution in [1.82, 2.24) is 9.97 Å². The highest BCUT2D eigenvalue weighted by molar-refractivity contribution is 9.10. The van der Waals surface area contributed by atoms with Gasteiger partial charge in [-0.25, -0.2) is 4.98 Å². The Bertz CT molecular complexity index is 418.